The van der Waals surface area contributed by atoms with E-state index in [9.17, 15) is 9.59 Å². The number of amides is 1. The molecule has 0 bridgehead atoms. The fraction of sp³-hybridized carbons (Fsp3) is 0.229. The number of benzene rings is 2. The Balaban J connectivity index is 1.18. The average molecular weight is 574 g/mol. The maximum absolute atomic E-state index is 13.7. The molecule has 0 aliphatic carbocycles. The minimum Gasteiger partial charge on any atom is -0.495 e. The van der Waals surface area contributed by atoms with Gasteiger partial charge in [-0.15, -0.1) is 0 Å². The number of ketones is 1. The molecule has 2 aromatic carbocycles. The zero-order chi connectivity index (χ0) is 29.9. The first-order valence-electron chi connectivity index (χ1n) is 14.5. The Morgan fingerprint density at radius 3 is 2.33 bits per heavy atom. The number of hydrogen-bond donors (Lipinski definition) is 1. The van der Waals surface area contributed by atoms with Gasteiger partial charge in [-0.3, -0.25) is 9.59 Å². The summed E-state index contributed by atoms with van der Waals surface area (Å²) in [5.74, 6) is 0.309. The quantitative estimate of drug-likeness (QED) is 0.186. The van der Waals surface area contributed by atoms with Crippen LogP contribution in [0, 0.1) is 13.8 Å². The third-order valence-electron chi connectivity index (χ3n) is 7.88. The molecule has 1 aliphatic rings. The van der Waals surface area contributed by atoms with Crippen molar-refractivity contribution < 1.29 is 14.3 Å². The molecule has 0 unspecified atom stereocenters. The van der Waals surface area contributed by atoms with Crippen molar-refractivity contribution >= 4 is 34.4 Å². The van der Waals surface area contributed by atoms with Crippen LogP contribution in [0.4, 0.5) is 17.2 Å². The van der Waals surface area contributed by atoms with Gasteiger partial charge in [0.2, 0.25) is 0 Å². The second-order valence-corrected chi connectivity index (χ2v) is 10.9. The normalized spacial score (nSPS) is 13.6. The Morgan fingerprint density at radius 1 is 0.837 bits per heavy atom. The zero-order valence-electron chi connectivity index (χ0n) is 24.7. The van der Waals surface area contributed by atoms with E-state index in [0.717, 1.165) is 60.9 Å². The number of aryl methyl sites for hydroxylation is 2. The molecule has 8 nitrogen and oxygen atoms in total. The lowest BCUT2D eigenvalue weighted by atomic mass is 10.0. The van der Waals surface area contributed by atoms with E-state index in [1.165, 1.54) is 5.56 Å². The highest BCUT2D eigenvalue weighted by molar-refractivity contribution is 6.47. The van der Waals surface area contributed by atoms with Crippen molar-refractivity contribution in [2.75, 3.05) is 48.4 Å². The minimum absolute atomic E-state index is 0.293. The molecule has 0 saturated carbocycles. The third-order valence-corrected chi connectivity index (χ3v) is 7.88. The number of anilines is 3. The number of ether oxygens (including phenoxy) is 1. The van der Waals surface area contributed by atoms with Crippen LogP contribution >= 0.6 is 0 Å². The summed E-state index contributed by atoms with van der Waals surface area (Å²) < 4.78 is 7.12. The van der Waals surface area contributed by atoms with Crippen LogP contribution in [0.15, 0.2) is 91.1 Å². The number of hydrogen-bond acceptors (Lipinski definition) is 6. The summed E-state index contributed by atoms with van der Waals surface area (Å²) in [5, 5.41) is 2.82. The standard InChI is InChI=1S/C35H35N5O3/c1-24-20-25(2)36-32(21-24)39-17-7-16-38(18-19-39)28-12-10-27(11-13-28)37-35(42)34(41)33-31(26-8-5-4-6-9-26)22-29-14-15-30(43-3)23-40(29)33/h4-6,8-15,20-23H,7,16-19H2,1-3H3,(H,37,42). The van der Waals surface area contributed by atoms with Crippen LogP contribution in [-0.4, -0.2) is 54.4 Å². The summed E-state index contributed by atoms with van der Waals surface area (Å²) in [6.07, 6.45) is 2.75. The molecule has 1 N–H and O–H groups in total. The van der Waals surface area contributed by atoms with Gasteiger partial charge in [-0.2, -0.15) is 0 Å². The van der Waals surface area contributed by atoms with E-state index in [-0.39, 0.29) is 0 Å². The molecule has 8 heteroatoms. The first kappa shape index (κ1) is 28.0. The Labute approximate surface area is 251 Å². The van der Waals surface area contributed by atoms with Gasteiger partial charge in [-0.25, -0.2) is 4.98 Å². The van der Waals surface area contributed by atoms with Gasteiger partial charge in [-0.05, 0) is 86.0 Å². The average Bonchev–Trinajstić information content (AvgIpc) is 3.21. The summed E-state index contributed by atoms with van der Waals surface area (Å²) >= 11 is 0. The molecular formula is C35H35N5O3. The minimum atomic E-state index is -0.695. The highest BCUT2D eigenvalue weighted by Gasteiger charge is 2.25. The summed E-state index contributed by atoms with van der Waals surface area (Å²) in [6, 6.07) is 27.2. The van der Waals surface area contributed by atoms with Crippen molar-refractivity contribution in [2.45, 2.75) is 20.3 Å². The summed E-state index contributed by atoms with van der Waals surface area (Å²) in [7, 11) is 1.57. The highest BCUT2D eigenvalue weighted by Crippen LogP contribution is 2.30. The number of fused-ring (bicyclic) bond motifs is 1. The van der Waals surface area contributed by atoms with Crippen molar-refractivity contribution in [3.05, 3.63) is 108 Å². The molecule has 1 fully saturated rings. The van der Waals surface area contributed by atoms with E-state index in [1.54, 1.807) is 17.7 Å². The molecule has 1 saturated heterocycles. The summed E-state index contributed by atoms with van der Waals surface area (Å²) in [6.45, 7) is 7.77. The fourth-order valence-electron chi connectivity index (χ4n) is 5.78. The topological polar surface area (TPSA) is 79.2 Å². The van der Waals surface area contributed by atoms with E-state index in [2.05, 4.69) is 34.2 Å². The van der Waals surface area contributed by atoms with Crippen LogP contribution in [0.2, 0.25) is 0 Å². The Morgan fingerprint density at radius 2 is 1.58 bits per heavy atom. The second-order valence-electron chi connectivity index (χ2n) is 10.9. The van der Waals surface area contributed by atoms with Gasteiger partial charge in [-0.1, -0.05) is 30.3 Å². The lowest BCUT2D eigenvalue weighted by molar-refractivity contribution is -0.112. The number of rotatable bonds is 7. The number of carbonyl (C=O) groups excluding carboxylic acids is 2. The van der Waals surface area contributed by atoms with Gasteiger partial charge in [0.15, 0.2) is 0 Å². The van der Waals surface area contributed by atoms with Crippen molar-refractivity contribution in [3.8, 4) is 16.9 Å². The molecule has 3 aromatic heterocycles. The number of Topliss-reactive ketones (excluding diaryl/α,β-unsaturated/α-hetero) is 1. The first-order valence-corrected chi connectivity index (χ1v) is 14.5. The highest BCUT2D eigenvalue weighted by atomic mass is 16.5. The van der Waals surface area contributed by atoms with Crippen LogP contribution in [0.5, 0.6) is 5.75 Å². The first-order chi connectivity index (χ1) is 20.9. The van der Waals surface area contributed by atoms with E-state index in [1.807, 2.05) is 79.7 Å². The van der Waals surface area contributed by atoms with E-state index in [4.69, 9.17) is 9.72 Å². The molecule has 0 radical (unpaired) electrons. The predicted molar refractivity (Wildman–Crippen MR) is 172 cm³/mol. The second kappa shape index (κ2) is 12.0. The van der Waals surface area contributed by atoms with Gasteiger partial charge in [0.05, 0.1) is 13.3 Å². The van der Waals surface area contributed by atoms with Crippen LogP contribution in [-0.2, 0) is 4.79 Å². The number of pyridine rings is 2. The molecule has 0 spiro atoms. The Kier molecular flexibility index (Phi) is 7.83. The van der Waals surface area contributed by atoms with Crippen LogP contribution in [0.1, 0.15) is 28.2 Å². The number of nitrogens with zero attached hydrogens (tertiary/aromatic N) is 4. The Hall–Kier alpha value is -5.11. The molecule has 1 amide bonds. The van der Waals surface area contributed by atoms with Gasteiger partial charge < -0.3 is 24.3 Å². The van der Waals surface area contributed by atoms with E-state index >= 15 is 0 Å². The third kappa shape index (κ3) is 5.95. The molecule has 4 heterocycles. The fourth-order valence-corrected chi connectivity index (χ4v) is 5.78. The largest absolute Gasteiger partial charge is 0.495 e. The summed E-state index contributed by atoms with van der Waals surface area (Å²) in [5.41, 5.74) is 6.54. The van der Waals surface area contributed by atoms with Crippen molar-refractivity contribution in [2.24, 2.45) is 0 Å². The zero-order valence-corrected chi connectivity index (χ0v) is 24.7. The SMILES string of the molecule is COc1ccc2cc(-c3ccccc3)c(C(=O)C(=O)Nc3ccc(N4CCCN(c5cc(C)cc(C)n5)CC4)cc3)n2c1. The van der Waals surface area contributed by atoms with E-state index < -0.39 is 11.7 Å². The Bertz CT molecular complexity index is 1760. The van der Waals surface area contributed by atoms with E-state index in [0.29, 0.717) is 22.7 Å². The summed E-state index contributed by atoms with van der Waals surface area (Å²) in [4.78, 5) is 36.4. The molecule has 6 rings (SSSR count). The lowest BCUT2D eigenvalue weighted by Crippen LogP contribution is -2.31. The monoisotopic (exact) mass is 573 g/mol. The van der Waals surface area contributed by atoms with Gasteiger partial charge >= 0.3 is 0 Å². The number of aromatic nitrogens is 2. The number of carbonyl (C=O) groups is 2. The van der Waals surface area contributed by atoms with Crippen LogP contribution in [0.3, 0.4) is 0 Å². The maximum Gasteiger partial charge on any atom is 0.298 e. The number of nitrogens with one attached hydrogen (secondary N) is 1. The smallest absolute Gasteiger partial charge is 0.298 e. The molecule has 43 heavy (non-hydrogen) atoms. The van der Waals surface area contributed by atoms with Crippen molar-refractivity contribution in [1.29, 1.82) is 0 Å². The van der Waals surface area contributed by atoms with Crippen molar-refractivity contribution in [3.63, 3.8) is 0 Å². The molecular weight excluding hydrogens is 538 g/mol. The van der Waals surface area contributed by atoms with Gasteiger partial charge in [0.1, 0.15) is 17.3 Å². The molecule has 218 valence electrons. The molecule has 5 aromatic rings. The molecule has 0 atom stereocenters. The predicted octanol–water partition coefficient (Wildman–Crippen LogP) is 6.16. The van der Waals surface area contributed by atoms with Crippen LogP contribution in [0.25, 0.3) is 16.6 Å². The lowest BCUT2D eigenvalue weighted by Gasteiger charge is -2.24. The molecule has 1 aliphatic heterocycles. The van der Waals surface area contributed by atoms with Gasteiger partial charge in [0.25, 0.3) is 11.7 Å². The number of methoxy groups -OCH3 is 1. The maximum atomic E-state index is 13.7. The van der Waals surface area contributed by atoms with Crippen LogP contribution < -0.4 is 19.9 Å². The van der Waals surface area contributed by atoms with Crippen molar-refractivity contribution in [1.82, 2.24) is 9.38 Å². The van der Waals surface area contributed by atoms with Gasteiger partial charge in [0, 0.05) is 54.3 Å².